The van der Waals surface area contributed by atoms with E-state index in [0.29, 0.717) is 0 Å². The van der Waals surface area contributed by atoms with Crippen molar-refractivity contribution in [1.29, 1.82) is 0 Å². The summed E-state index contributed by atoms with van der Waals surface area (Å²) in [6.07, 6.45) is -1.33. The van der Waals surface area contributed by atoms with E-state index in [2.05, 4.69) is 16.0 Å². The van der Waals surface area contributed by atoms with Gasteiger partial charge in [-0.25, -0.2) is 4.79 Å². The maximum absolute atomic E-state index is 12.3. The highest BCUT2D eigenvalue weighted by molar-refractivity contribution is 5.95. The molecule has 0 aromatic carbocycles. The number of hydrogen-bond donors (Lipinski definition) is 7. The highest BCUT2D eigenvalue weighted by Gasteiger charge is 2.31. The zero-order chi connectivity index (χ0) is 23.6. The molecule has 0 aliphatic carbocycles. The van der Waals surface area contributed by atoms with Gasteiger partial charge in [0.2, 0.25) is 17.7 Å². The van der Waals surface area contributed by atoms with Crippen molar-refractivity contribution < 1.29 is 44.1 Å². The third-order valence-electron chi connectivity index (χ3n) is 4.00. The van der Waals surface area contributed by atoms with Crippen molar-refractivity contribution in [3.63, 3.8) is 0 Å². The summed E-state index contributed by atoms with van der Waals surface area (Å²) in [6.45, 7) is 4.32. The Bertz CT molecular complexity index is 680. The van der Waals surface area contributed by atoms with Gasteiger partial charge in [0.1, 0.15) is 18.1 Å². The van der Waals surface area contributed by atoms with E-state index in [9.17, 15) is 28.8 Å². The first-order valence-electron chi connectivity index (χ1n) is 9.09. The monoisotopic (exact) mass is 432 g/mol. The van der Waals surface area contributed by atoms with Crippen molar-refractivity contribution in [2.45, 2.75) is 64.2 Å². The van der Waals surface area contributed by atoms with Gasteiger partial charge in [0, 0.05) is 6.42 Å². The summed E-state index contributed by atoms with van der Waals surface area (Å²) in [7, 11) is 0. The molecular weight excluding hydrogens is 404 g/mol. The summed E-state index contributed by atoms with van der Waals surface area (Å²) in [6, 6.07) is -5.29. The molecule has 0 fully saturated rings. The van der Waals surface area contributed by atoms with Crippen molar-refractivity contribution in [2.24, 2.45) is 11.7 Å². The van der Waals surface area contributed by atoms with Gasteiger partial charge in [-0.3, -0.25) is 24.0 Å². The number of carboxylic acids is 3. The number of aliphatic carboxylic acids is 3. The quantitative estimate of drug-likeness (QED) is 0.167. The van der Waals surface area contributed by atoms with E-state index in [-0.39, 0.29) is 12.8 Å². The van der Waals surface area contributed by atoms with Crippen LogP contribution in [0.25, 0.3) is 0 Å². The molecule has 0 radical (unpaired) electrons. The number of carbonyl (C=O) groups is 6. The van der Waals surface area contributed by atoms with Crippen LogP contribution in [-0.4, -0.2) is 75.1 Å². The minimum absolute atomic E-state index is 0.161. The number of carboxylic acid groups (broad SMARTS) is 3. The smallest absolute Gasteiger partial charge is 0.326 e. The fourth-order valence-corrected chi connectivity index (χ4v) is 2.24. The van der Waals surface area contributed by atoms with Crippen LogP contribution in [0.3, 0.4) is 0 Å². The SMILES string of the molecule is CC(NC(=O)C(N)CCC(=O)O)C(=O)NC(CC(=O)O)C(=O)NC(C(=O)O)C(C)C. The Kier molecular flexibility index (Phi) is 11.0. The van der Waals surface area contributed by atoms with Gasteiger partial charge in [-0.2, -0.15) is 0 Å². The van der Waals surface area contributed by atoms with Crippen molar-refractivity contribution >= 4 is 35.6 Å². The van der Waals surface area contributed by atoms with Gasteiger partial charge in [-0.1, -0.05) is 13.8 Å². The average molecular weight is 432 g/mol. The second-order valence-corrected chi connectivity index (χ2v) is 7.00. The van der Waals surface area contributed by atoms with E-state index in [1.54, 1.807) is 0 Å². The molecule has 13 nitrogen and oxygen atoms in total. The number of rotatable bonds is 13. The summed E-state index contributed by atoms with van der Waals surface area (Å²) >= 11 is 0. The van der Waals surface area contributed by atoms with Crippen LogP contribution in [-0.2, 0) is 28.8 Å². The lowest BCUT2D eigenvalue weighted by Crippen LogP contribution is -2.57. The van der Waals surface area contributed by atoms with E-state index >= 15 is 0 Å². The molecule has 0 aromatic rings. The fraction of sp³-hybridized carbons (Fsp3) is 0.647. The molecule has 3 amide bonds. The van der Waals surface area contributed by atoms with Gasteiger partial charge in [-0.05, 0) is 19.3 Å². The lowest BCUT2D eigenvalue weighted by molar-refractivity contribution is -0.144. The predicted molar refractivity (Wildman–Crippen MR) is 101 cm³/mol. The van der Waals surface area contributed by atoms with Crippen molar-refractivity contribution in [3.8, 4) is 0 Å². The summed E-state index contributed by atoms with van der Waals surface area (Å²) in [5.74, 6) is -7.11. The minimum atomic E-state index is -1.59. The van der Waals surface area contributed by atoms with Crippen molar-refractivity contribution in [3.05, 3.63) is 0 Å². The third kappa shape index (κ3) is 9.82. The Morgan fingerprint density at radius 2 is 1.37 bits per heavy atom. The highest BCUT2D eigenvalue weighted by Crippen LogP contribution is 2.04. The molecule has 0 saturated heterocycles. The van der Waals surface area contributed by atoms with E-state index in [1.807, 2.05) is 0 Å². The third-order valence-corrected chi connectivity index (χ3v) is 4.00. The van der Waals surface area contributed by atoms with Gasteiger partial charge >= 0.3 is 17.9 Å². The Morgan fingerprint density at radius 3 is 1.80 bits per heavy atom. The first kappa shape index (κ1) is 26.8. The van der Waals surface area contributed by atoms with Crippen molar-refractivity contribution in [2.75, 3.05) is 0 Å². The maximum atomic E-state index is 12.3. The molecule has 0 saturated carbocycles. The van der Waals surface area contributed by atoms with Gasteiger partial charge in [-0.15, -0.1) is 0 Å². The molecule has 0 bridgehead atoms. The first-order chi connectivity index (χ1) is 13.8. The average Bonchev–Trinajstić information content (AvgIpc) is 2.61. The Labute approximate surface area is 172 Å². The molecular formula is C17H28N4O9. The predicted octanol–water partition coefficient (Wildman–Crippen LogP) is -2.13. The van der Waals surface area contributed by atoms with Crippen LogP contribution >= 0.6 is 0 Å². The molecule has 0 aliphatic heterocycles. The van der Waals surface area contributed by atoms with Gasteiger partial charge in [0.15, 0.2) is 0 Å². The summed E-state index contributed by atoms with van der Waals surface area (Å²) in [4.78, 5) is 69.3. The van der Waals surface area contributed by atoms with E-state index in [1.165, 1.54) is 20.8 Å². The van der Waals surface area contributed by atoms with Crippen LogP contribution in [0.1, 0.15) is 40.0 Å². The molecule has 8 N–H and O–H groups in total. The van der Waals surface area contributed by atoms with Crippen LogP contribution in [0.4, 0.5) is 0 Å². The standard InChI is InChI=1S/C17H28N4O9/c1-7(2)13(17(29)30)21-16(28)10(6-12(24)25)20-14(26)8(3)19-15(27)9(18)4-5-11(22)23/h7-10,13H,4-6,18H2,1-3H3,(H,19,27)(H,20,26)(H,21,28)(H,22,23)(H,24,25)(H,29,30). The van der Waals surface area contributed by atoms with Gasteiger partial charge in [0.05, 0.1) is 12.5 Å². The molecule has 170 valence electrons. The molecule has 30 heavy (non-hydrogen) atoms. The molecule has 0 heterocycles. The molecule has 0 aromatic heterocycles. The van der Waals surface area contributed by atoms with E-state index in [0.717, 1.165) is 0 Å². The zero-order valence-electron chi connectivity index (χ0n) is 16.9. The highest BCUT2D eigenvalue weighted by atomic mass is 16.4. The van der Waals surface area contributed by atoms with E-state index < -0.39 is 72.1 Å². The molecule has 0 rings (SSSR count). The van der Waals surface area contributed by atoms with Crippen LogP contribution in [0.2, 0.25) is 0 Å². The molecule has 4 unspecified atom stereocenters. The molecule has 13 heteroatoms. The summed E-state index contributed by atoms with van der Waals surface area (Å²) < 4.78 is 0. The minimum Gasteiger partial charge on any atom is -0.481 e. The normalized spacial score (nSPS) is 14.7. The zero-order valence-corrected chi connectivity index (χ0v) is 16.9. The fourth-order valence-electron chi connectivity index (χ4n) is 2.24. The van der Waals surface area contributed by atoms with Crippen LogP contribution in [0.5, 0.6) is 0 Å². The number of hydrogen-bond acceptors (Lipinski definition) is 7. The Balaban J connectivity index is 5.06. The molecule has 0 aliphatic rings. The van der Waals surface area contributed by atoms with Crippen LogP contribution in [0.15, 0.2) is 0 Å². The lowest BCUT2D eigenvalue weighted by Gasteiger charge is -2.24. The van der Waals surface area contributed by atoms with Crippen LogP contribution in [0, 0.1) is 5.92 Å². The largest absolute Gasteiger partial charge is 0.481 e. The van der Waals surface area contributed by atoms with Gasteiger partial charge < -0.3 is 37.0 Å². The number of nitrogens with two attached hydrogens (primary N) is 1. The topological polar surface area (TPSA) is 225 Å². The number of nitrogens with one attached hydrogen (secondary N) is 3. The molecule has 4 atom stereocenters. The first-order valence-corrected chi connectivity index (χ1v) is 9.09. The van der Waals surface area contributed by atoms with E-state index in [4.69, 9.17) is 21.1 Å². The van der Waals surface area contributed by atoms with Crippen LogP contribution < -0.4 is 21.7 Å². The Hall–Kier alpha value is -3.22. The lowest BCUT2D eigenvalue weighted by atomic mass is 10.0. The second-order valence-electron chi connectivity index (χ2n) is 7.00. The Morgan fingerprint density at radius 1 is 0.800 bits per heavy atom. The summed E-state index contributed by atoms with van der Waals surface area (Å²) in [5, 5.41) is 33.3. The molecule has 0 spiro atoms. The number of carbonyl (C=O) groups excluding carboxylic acids is 3. The van der Waals surface area contributed by atoms with Gasteiger partial charge in [0.25, 0.3) is 0 Å². The summed E-state index contributed by atoms with van der Waals surface area (Å²) in [5.41, 5.74) is 5.54. The van der Waals surface area contributed by atoms with Crippen molar-refractivity contribution in [1.82, 2.24) is 16.0 Å². The maximum Gasteiger partial charge on any atom is 0.326 e. The number of amides is 3. The second kappa shape index (κ2) is 12.4.